The van der Waals surface area contributed by atoms with Crippen molar-refractivity contribution >= 4 is 5.91 Å². The minimum Gasteiger partial charge on any atom is -0.472 e. The Morgan fingerprint density at radius 3 is 2.70 bits per heavy atom. The summed E-state index contributed by atoms with van der Waals surface area (Å²) >= 11 is 0. The van der Waals surface area contributed by atoms with Crippen LogP contribution in [0.5, 0.6) is 5.88 Å². The smallest absolute Gasteiger partial charge is 0.259 e. The van der Waals surface area contributed by atoms with Crippen LogP contribution >= 0.6 is 0 Å². The van der Waals surface area contributed by atoms with Gasteiger partial charge >= 0.3 is 0 Å². The van der Waals surface area contributed by atoms with E-state index < -0.39 is 0 Å². The molecule has 3 atom stereocenters. The van der Waals surface area contributed by atoms with Crippen molar-refractivity contribution in [3.05, 3.63) is 83.3 Å². The van der Waals surface area contributed by atoms with Gasteiger partial charge in [-0.1, -0.05) is 31.2 Å². The van der Waals surface area contributed by atoms with Gasteiger partial charge in [0.15, 0.2) is 0 Å². The molecule has 0 spiro atoms. The van der Waals surface area contributed by atoms with Gasteiger partial charge in [0.25, 0.3) is 5.91 Å². The van der Waals surface area contributed by atoms with Crippen molar-refractivity contribution in [2.45, 2.75) is 32.5 Å². The van der Waals surface area contributed by atoms with Gasteiger partial charge in [0.1, 0.15) is 17.5 Å². The van der Waals surface area contributed by atoms with Gasteiger partial charge in [0, 0.05) is 37.3 Å². The standard InChI is InChI=1S/C29H31FN4O3/c1-19-15-34(20(2)18-35)29(36)26-12-24(23-6-4-5-22(11-23)13-31)14-32-28(26)37-27(19)17-33(3)16-21-7-9-25(30)10-8-21/h4-12,14,19-20,27,35H,15-18H2,1-3H3/t19-,20-,27-/m0/s1. The molecule has 4 rings (SSSR count). The molecule has 0 radical (unpaired) electrons. The summed E-state index contributed by atoms with van der Waals surface area (Å²) in [5.74, 6) is -0.331. The van der Waals surface area contributed by atoms with E-state index in [4.69, 9.17) is 4.74 Å². The van der Waals surface area contributed by atoms with Crippen molar-refractivity contribution in [1.82, 2.24) is 14.8 Å². The number of benzene rings is 2. The van der Waals surface area contributed by atoms with Gasteiger partial charge in [0.2, 0.25) is 5.88 Å². The predicted molar refractivity (Wildman–Crippen MR) is 138 cm³/mol. The summed E-state index contributed by atoms with van der Waals surface area (Å²) in [5, 5.41) is 19.2. The number of rotatable bonds is 7. The lowest BCUT2D eigenvalue weighted by molar-refractivity contribution is 0.0325. The van der Waals surface area contributed by atoms with Crippen LogP contribution in [0.4, 0.5) is 4.39 Å². The van der Waals surface area contributed by atoms with Crippen LogP contribution in [0, 0.1) is 23.1 Å². The summed E-state index contributed by atoms with van der Waals surface area (Å²) < 4.78 is 19.7. The Hall–Kier alpha value is -3.80. The monoisotopic (exact) mass is 502 g/mol. The maximum Gasteiger partial charge on any atom is 0.259 e. The molecule has 1 amide bonds. The first kappa shape index (κ1) is 26.3. The minimum absolute atomic E-state index is 0.0458. The van der Waals surface area contributed by atoms with E-state index in [0.29, 0.717) is 36.3 Å². The van der Waals surface area contributed by atoms with Crippen LogP contribution in [-0.2, 0) is 6.54 Å². The Labute approximate surface area is 216 Å². The molecule has 7 nitrogen and oxygen atoms in total. The highest BCUT2D eigenvalue weighted by Gasteiger charge is 2.34. The molecule has 1 aromatic heterocycles. The van der Waals surface area contributed by atoms with Crippen molar-refractivity contribution in [1.29, 1.82) is 5.26 Å². The van der Waals surface area contributed by atoms with E-state index in [1.54, 1.807) is 47.5 Å². The fraction of sp³-hybridized carbons (Fsp3) is 0.345. The zero-order valence-electron chi connectivity index (χ0n) is 21.3. The Kier molecular flexibility index (Phi) is 8.17. The van der Waals surface area contributed by atoms with Gasteiger partial charge in [-0.15, -0.1) is 0 Å². The molecular formula is C29H31FN4O3. The molecule has 0 saturated carbocycles. The van der Waals surface area contributed by atoms with Crippen LogP contribution in [-0.4, -0.2) is 64.7 Å². The Morgan fingerprint density at radius 1 is 1.24 bits per heavy atom. The SMILES string of the molecule is C[C@H]1CN([C@@H](C)CO)C(=O)c2cc(-c3cccc(C#N)c3)cnc2O[C@H]1CN(C)Cc1ccc(F)cc1. The van der Waals surface area contributed by atoms with Gasteiger partial charge in [-0.25, -0.2) is 9.37 Å². The lowest BCUT2D eigenvalue weighted by atomic mass is 9.98. The maximum absolute atomic E-state index is 13.6. The van der Waals surface area contributed by atoms with Gasteiger partial charge < -0.3 is 14.7 Å². The van der Waals surface area contributed by atoms with Crippen LogP contribution in [0.2, 0.25) is 0 Å². The average Bonchev–Trinajstić information content (AvgIpc) is 2.91. The highest BCUT2D eigenvalue weighted by Crippen LogP contribution is 2.30. The number of aromatic nitrogens is 1. The molecule has 192 valence electrons. The number of halogens is 1. The quantitative estimate of drug-likeness (QED) is 0.523. The summed E-state index contributed by atoms with van der Waals surface area (Å²) in [4.78, 5) is 21.9. The lowest BCUT2D eigenvalue weighted by Gasteiger charge is -2.37. The second kappa shape index (κ2) is 11.5. The zero-order chi connectivity index (χ0) is 26.5. The summed E-state index contributed by atoms with van der Waals surface area (Å²) in [7, 11) is 1.97. The summed E-state index contributed by atoms with van der Waals surface area (Å²) in [6.07, 6.45) is 1.36. The summed E-state index contributed by atoms with van der Waals surface area (Å²) in [5.41, 5.74) is 3.28. The van der Waals surface area contributed by atoms with Gasteiger partial charge in [0.05, 0.1) is 24.3 Å². The number of likely N-dealkylation sites (N-methyl/N-ethyl adjacent to an activating group) is 1. The molecule has 1 aliphatic rings. The Balaban J connectivity index is 1.66. The number of hydrogen-bond acceptors (Lipinski definition) is 6. The van der Waals surface area contributed by atoms with E-state index in [2.05, 4.69) is 16.0 Å². The number of carbonyl (C=O) groups is 1. The number of hydrogen-bond donors (Lipinski definition) is 1. The molecule has 0 bridgehead atoms. The van der Waals surface area contributed by atoms with Crippen LogP contribution in [0.3, 0.4) is 0 Å². The molecule has 1 aliphatic heterocycles. The van der Waals surface area contributed by atoms with Crippen molar-refractivity contribution in [3.8, 4) is 23.1 Å². The minimum atomic E-state index is -0.385. The first-order chi connectivity index (χ1) is 17.8. The number of fused-ring (bicyclic) bond motifs is 1. The van der Waals surface area contributed by atoms with E-state index >= 15 is 0 Å². The topological polar surface area (TPSA) is 89.7 Å². The second-order valence-corrected chi connectivity index (χ2v) is 9.72. The predicted octanol–water partition coefficient (Wildman–Crippen LogP) is 4.11. The molecule has 0 unspecified atom stereocenters. The number of aliphatic hydroxyl groups is 1. The van der Waals surface area contributed by atoms with E-state index in [1.807, 2.05) is 27.0 Å². The normalized spacial score (nSPS) is 18.4. The number of nitriles is 1. The average molecular weight is 503 g/mol. The van der Waals surface area contributed by atoms with Gasteiger partial charge in [-0.2, -0.15) is 5.26 Å². The number of amides is 1. The fourth-order valence-electron chi connectivity index (χ4n) is 4.52. The zero-order valence-corrected chi connectivity index (χ0v) is 21.3. The van der Waals surface area contributed by atoms with Crippen molar-refractivity contribution in [2.75, 3.05) is 26.7 Å². The summed E-state index contributed by atoms with van der Waals surface area (Å²) in [6, 6.07) is 17.0. The maximum atomic E-state index is 13.6. The van der Waals surface area contributed by atoms with E-state index in [1.165, 1.54) is 12.1 Å². The number of aliphatic hydroxyl groups excluding tert-OH is 1. The van der Waals surface area contributed by atoms with Crippen LogP contribution in [0.25, 0.3) is 11.1 Å². The molecule has 3 aromatic rings. The van der Waals surface area contributed by atoms with Gasteiger partial charge in [-0.3, -0.25) is 9.69 Å². The first-order valence-corrected chi connectivity index (χ1v) is 12.3. The fourth-order valence-corrected chi connectivity index (χ4v) is 4.52. The van der Waals surface area contributed by atoms with Crippen LogP contribution in [0.15, 0.2) is 60.8 Å². The first-order valence-electron chi connectivity index (χ1n) is 12.3. The molecule has 2 aromatic carbocycles. The molecule has 0 fully saturated rings. The number of pyridine rings is 1. The van der Waals surface area contributed by atoms with E-state index in [-0.39, 0.29) is 42.3 Å². The molecule has 1 N–H and O–H groups in total. The summed E-state index contributed by atoms with van der Waals surface area (Å²) in [6.45, 7) is 5.24. The van der Waals surface area contributed by atoms with Crippen LogP contribution < -0.4 is 4.74 Å². The number of nitrogens with zero attached hydrogens (tertiary/aromatic N) is 4. The Bertz CT molecular complexity index is 1290. The molecular weight excluding hydrogens is 471 g/mol. The van der Waals surface area contributed by atoms with Crippen molar-refractivity contribution in [3.63, 3.8) is 0 Å². The third-order valence-electron chi connectivity index (χ3n) is 6.70. The Morgan fingerprint density at radius 2 is 2.00 bits per heavy atom. The molecule has 0 saturated heterocycles. The second-order valence-electron chi connectivity index (χ2n) is 9.72. The van der Waals surface area contributed by atoms with Gasteiger partial charge in [-0.05, 0) is 55.4 Å². The number of ether oxygens (including phenoxy) is 1. The third-order valence-corrected chi connectivity index (χ3v) is 6.70. The van der Waals surface area contributed by atoms with Crippen LogP contribution in [0.1, 0.15) is 35.3 Å². The largest absolute Gasteiger partial charge is 0.472 e. The van der Waals surface area contributed by atoms with Crippen molar-refractivity contribution in [2.24, 2.45) is 5.92 Å². The molecule has 37 heavy (non-hydrogen) atoms. The lowest BCUT2D eigenvalue weighted by Crippen LogP contribution is -2.49. The van der Waals surface area contributed by atoms with E-state index in [9.17, 15) is 19.6 Å². The molecule has 0 aliphatic carbocycles. The molecule has 8 heteroatoms. The third kappa shape index (κ3) is 6.13. The molecule has 2 heterocycles. The number of carbonyl (C=O) groups excluding carboxylic acids is 1. The van der Waals surface area contributed by atoms with Crippen molar-refractivity contribution < 1.29 is 19.0 Å². The highest BCUT2D eigenvalue weighted by atomic mass is 19.1. The van der Waals surface area contributed by atoms with E-state index in [0.717, 1.165) is 11.1 Å². The highest BCUT2D eigenvalue weighted by molar-refractivity contribution is 5.98.